The molecule has 0 saturated heterocycles. The number of non-ortho nitro benzene ring substituents is 1. The van der Waals surface area contributed by atoms with E-state index in [9.17, 15) is 18.5 Å². The van der Waals surface area contributed by atoms with E-state index in [-0.39, 0.29) is 17.1 Å². The first-order valence-electron chi connectivity index (χ1n) is 5.17. The quantitative estimate of drug-likeness (QED) is 0.461. The summed E-state index contributed by atoms with van der Waals surface area (Å²) in [5, 5.41) is 14.5. The van der Waals surface area contributed by atoms with Crippen LogP contribution in [0.4, 0.5) is 5.69 Å². The third-order valence-corrected chi connectivity index (χ3v) is 4.52. The average Bonchev–Trinajstić information content (AvgIpc) is 2.80. The summed E-state index contributed by atoms with van der Waals surface area (Å²) in [5.74, 6) is 0. The minimum Gasteiger partial charge on any atom is -0.267 e. The van der Waals surface area contributed by atoms with Crippen molar-refractivity contribution in [2.75, 3.05) is 0 Å². The first-order chi connectivity index (χ1) is 9.27. The number of hydrogen-bond donors (Lipinski definition) is 0. The zero-order chi connectivity index (χ0) is 14.9. The number of nitro groups is 1. The van der Waals surface area contributed by atoms with Gasteiger partial charge < -0.3 is 0 Å². The van der Waals surface area contributed by atoms with Crippen LogP contribution in [0.15, 0.2) is 40.0 Å². The zero-order valence-electron chi connectivity index (χ0n) is 9.73. The van der Waals surface area contributed by atoms with E-state index in [1.165, 1.54) is 23.0 Å². The summed E-state index contributed by atoms with van der Waals surface area (Å²) >= 11 is 3.23. The fraction of sp³-hybridized carbons (Fsp3) is 0.100. The van der Waals surface area contributed by atoms with E-state index < -0.39 is 14.0 Å². The molecule has 0 amide bonds. The van der Waals surface area contributed by atoms with Crippen LogP contribution in [0.3, 0.4) is 0 Å². The van der Waals surface area contributed by atoms with Gasteiger partial charge in [-0.25, -0.2) is 8.42 Å². The van der Waals surface area contributed by atoms with Crippen molar-refractivity contribution in [3.63, 3.8) is 0 Å². The molecule has 10 heteroatoms. The van der Waals surface area contributed by atoms with Gasteiger partial charge in [0, 0.05) is 33.5 Å². The highest BCUT2D eigenvalue weighted by molar-refractivity contribution is 9.10. The zero-order valence-corrected chi connectivity index (χ0v) is 12.9. The molecule has 0 atom stereocenters. The lowest BCUT2D eigenvalue weighted by molar-refractivity contribution is -0.384. The highest BCUT2D eigenvalue weighted by Gasteiger charge is 2.14. The van der Waals surface area contributed by atoms with Gasteiger partial charge >= 0.3 is 0 Å². The van der Waals surface area contributed by atoms with Crippen molar-refractivity contribution >= 4 is 41.4 Å². The topological polar surface area (TPSA) is 95.1 Å². The highest BCUT2D eigenvalue weighted by Crippen LogP contribution is 2.24. The molecule has 106 valence electrons. The van der Waals surface area contributed by atoms with Crippen molar-refractivity contribution in [1.82, 2.24) is 9.78 Å². The van der Waals surface area contributed by atoms with Gasteiger partial charge in [0.25, 0.3) is 14.7 Å². The molecule has 7 nitrogen and oxygen atoms in total. The predicted octanol–water partition coefficient (Wildman–Crippen LogP) is 2.53. The van der Waals surface area contributed by atoms with Gasteiger partial charge in [0.1, 0.15) is 4.90 Å². The van der Waals surface area contributed by atoms with E-state index in [0.29, 0.717) is 4.47 Å². The molecule has 0 spiro atoms. The molecule has 2 rings (SSSR count). The summed E-state index contributed by atoms with van der Waals surface area (Å²) < 4.78 is 24.1. The number of benzene rings is 1. The van der Waals surface area contributed by atoms with Crippen LogP contribution in [-0.2, 0) is 15.6 Å². The number of halogens is 2. The van der Waals surface area contributed by atoms with Crippen LogP contribution < -0.4 is 0 Å². The van der Waals surface area contributed by atoms with E-state index >= 15 is 0 Å². The van der Waals surface area contributed by atoms with E-state index in [1.807, 2.05) is 0 Å². The minimum absolute atomic E-state index is 0.0369. The second-order valence-electron chi connectivity index (χ2n) is 3.84. The summed E-state index contributed by atoms with van der Waals surface area (Å²) in [6.45, 7) is 0.255. The third-order valence-electron chi connectivity index (χ3n) is 2.47. The summed E-state index contributed by atoms with van der Waals surface area (Å²) in [4.78, 5) is 10.0. The number of aromatic nitrogens is 2. The van der Waals surface area contributed by atoms with Crippen molar-refractivity contribution in [3.05, 3.63) is 50.7 Å². The maximum Gasteiger partial charge on any atom is 0.270 e. The summed E-state index contributed by atoms with van der Waals surface area (Å²) in [6.07, 6.45) is 2.43. The lowest BCUT2D eigenvalue weighted by Crippen LogP contribution is -2.01. The Balaban J connectivity index is 2.27. The lowest BCUT2D eigenvalue weighted by Gasteiger charge is -2.04. The van der Waals surface area contributed by atoms with Gasteiger partial charge in [0.05, 0.1) is 17.7 Å². The third kappa shape index (κ3) is 3.35. The van der Waals surface area contributed by atoms with Crippen LogP contribution in [0.25, 0.3) is 0 Å². The molecule has 2 aromatic rings. The first-order valence-corrected chi connectivity index (χ1v) is 8.27. The molecule has 1 heterocycles. The molecule has 0 aliphatic heterocycles. The van der Waals surface area contributed by atoms with Crippen LogP contribution in [-0.4, -0.2) is 23.1 Å². The van der Waals surface area contributed by atoms with Crippen molar-refractivity contribution < 1.29 is 13.3 Å². The number of nitrogens with zero attached hydrogens (tertiary/aromatic N) is 3. The van der Waals surface area contributed by atoms with E-state index in [0.717, 1.165) is 11.8 Å². The maximum atomic E-state index is 11.1. The molecule has 20 heavy (non-hydrogen) atoms. The molecule has 0 unspecified atom stereocenters. The Morgan fingerprint density at radius 1 is 1.45 bits per heavy atom. The normalized spacial score (nSPS) is 11.5. The molecule has 0 aliphatic carbocycles. The van der Waals surface area contributed by atoms with Crippen molar-refractivity contribution in [3.8, 4) is 0 Å². The monoisotopic (exact) mass is 379 g/mol. The highest BCUT2D eigenvalue weighted by atomic mass is 79.9. The van der Waals surface area contributed by atoms with Crippen LogP contribution >= 0.6 is 26.6 Å². The fourth-order valence-corrected chi connectivity index (χ4v) is 2.66. The maximum absolute atomic E-state index is 11.1. The predicted molar refractivity (Wildman–Crippen MR) is 75.2 cm³/mol. The van der Waals surface area contributed by atoms with Gasteiger partial charge in [-0.2, -0.15) is 5.10 Å². The molecule has 1 aromatic heterocycles. The molecule has 0 radical (unpaired) electrons. The van der Waals surface area contributed by atoms with E-state index in [4.69, 9.17) is 10.7 Å². The Bertz CT molecular complexity index is 775. The molecule has 0 fully saturated rings. The van der Waals surface area contributed by atoms with E-state index in [2.05, 4.69) is 21.0 Å². The first kappa shape index (κ1) is 14.9. The summed E-state index contributed by atoms with van der Waals surface area (Å²) in [7, 11) is 1.38. The van der Waals surface area contributed by atoms with Crippen LogP contribution in [0.5, 0.6) is 0 Å². The number of nitro benzene ring substituents is 1. The van der Waals surface area contributed by atoms with Crippen LogP contribution in [0, 0.1) is 10.1 Å². The smallest absolute Gasteiger partial charge is 0.267 e. The van der Waals surface area contributed by atoms with Crippen LogP contribution in [0.1, 0.15) is 5.56 Å². The largest absolute Gasteiger partial charge is 0.270 e. The van der Waals surface area contributed by atoms with Crippen LogP contribution in [0.2, 0.25) is 0 Å². The molecule has 1 aromatic carbocycles. The van der Waals surface area contributed by atoms with Gasteiger partial charge in [-0.1, -0.05) is 15.9 Å². The summed E-state index contributed by atoms with van der Waals surface area (Å²) in [6, 6.07) is 4.31. The number of rotatable bonds is 4. The fourth-order valence-electron chi connectivity index (χ4n) is 1.51. The van der Waals surface area contributed by atoms with Crippen molar-refractivity contribution in [2.24, 2.45) is 0 Å². The Morgan fingerprint density at radius 2 is 2.15 bits per heavy atom. The average molecular weight is 381 g/mol. The van der Waals surface area contributed by atoms with Gasteiger partial charge in [-0.15, -0.1) is 0 Å². The van der Waals surface area contributed by atoms with E-state index in [1.54, 1.807) is 6.07 Å². The molecule has 0 bridgehead atoms. The summed E-state index contributed by atoms with van der Waals surface area (Å²) in [5.41, 5.74) is 0.683. The number of hydrogen-bond acceptors (Lipinski definition) is 5. The molecular weight excluding hydrogens is 374 g/mol. The van der Waals surface area contributed by atoms with Gasteiger partial charge in [0.2, 0.25) is 0 Å². The Hall–Kier alpha value is -1.45. The Kier molecular flexibility index (Phi) is 4.11. The van der Waals surface area contributed by atoms with Gasteiger partial charge in [-0.3, -0.25) is 14.8 Å². The van der Waals surface area contributed by atoms with Gasteiger partial charge in [-0.05, 0) is 11.6 Å². The standard InChI is InChI=1S/C10H7BrClN3O4S/c11-10-3-8(15(16)17)2-1-7(10)5-14-6-9(4-13-14)20(12,18)19/h1-4,6H,5H2. The Labute approximate surface area is 126 Å². The molecular formula is C10H7BrClN3O4S. The second kappa shape index (κ2) is 5.51. The molecule has 0 N–H and O–H groups in total. The van der Waals surface area contributed by atoms with Crippen molar-refractivity contribution in [2.45, 2.75) is 11.4 Å². The Morgan fingerprint density at radius 3 is 2.65 bits per heavy atom. The second-order valence-corrected chi connectivity index (χ2v) is 7.26. The molecule has 0 aliphatic rings. The minimum atomic E-state index is -3.81. The molecule has 0 saturated carbocycles. The van der Waals surface area contributed by atoms with Gasteiger partial charge in [0.15, 0.2) is 0 Å². The lowest BCUT2D eigenvalue weighted by atomic mass is 10.2. The SMILES string of the molecule is O=[N+]([O-])c1ccc(Cn2cc(S(=O)(=O)Cl)cn2)c(Br)c1. The van der Waals surface area contributed by atoms with Crippen molar-refractivity contribution in [1.29, 1.82) is 0 Å².